The molecule has 0 aliphatic carbocycles. The summed E-state index contributed by atoms with van der Waals surface area (Å²) in [5.41, 5.74) is 1.56. The molecule has 0 aliphatic rings. The Bertz CT molecular complexity index is 842. The Kier molecular flexibility index (Phi) is 4.43. The SMILES string of the molecule is Cc1ccc(C(=O)c2noc(CS(=O)c3ccccc3)n2)cc1. The first kappa shape index (κ1) is 15.3. The Balaban J connectivity index is 1.74. The van der Waals surface area contributed by atoms with Gasteiger partial charge in [-0.15, -0.1) is 0 Å². The lowest BCUT2D eigenvalue weighted by Crippen LogP contribution is -2.04. The topological polar surface area (TPSA) is 73.1 Å². The van der Waals surface area contributed by atoms with Crippen LogP contribution in [0.2, 0.25) is 0 Å². The summed E-state index contributed by atoms with van der Waals surface area (Å²) < 4.78 is 17.2. The molecule has 3 aromatic rings. The summed E-state index contributed by atoms with van der Waals surface area (Å²) in [7, 11) is -1.29. The van der Waals surface area contributed by atoms with Crippen molar-refractivity contribution >= 4 is 16.6 Å². The third kappa shape index (κ3) is 3.60. The second kappa shape index (κ2) is 6.66. The number of nitrogens with zero attached hydrogens (tertiary/aromatic N) is 2. The van der Waals surface area contributed by atoms with Crippen molar-refractivity contribution in [3.05, 3.63) is 77.4 Å². The predicted molar refractivity (Wildman–Crippen MR) is 85.5 cm³/mol. The first-order valence-corrected chi connectivity index (χ1v) is 8.33. The fraction of sp³-hybridized carbons (Fsp3) is 0.118. The Morgan fingerprint density at radius 2 is 1.78 bits per heavy atom. The molecule has 1 unspecified atom stereocenters. The number of carbonyl (C=O) groups excluding carboxylic acids is 1. The van der Waals surface area contributed by atoms with Gasteiger partial charge in [0.15, 0.2) is 0 Å². The minimum atomic E-state index is -1.29. The van der Waals surface area contributed by atoms with Crippen molar-refractivity contribution in [3.8, 4) is 0 Å². The number of rotatable bonds is 5. The zero-order chi connectivity index (χ0) is 16.2. The summed E-state index contributed by atoms with van der Waals surface area (Å²) in [6, 6.07) is 16.1. The van der Waals surface area contributed by atoms with E-state index in [2.05, 4.69) is 10.1 Å². The van der Waals surface area contributed by atoms with Crippen LogP contribution in [0.1, 0.15) is 27.6 Å². The van der Waals surface area contributed by atoms with E-state index < -0.39 is 10.8 Å². The van der Waals surface area contributed by atoms with Crippen molar-refractivity contribution < 1.29 is 13.5 Å². The number of aryl methyl sites for hydroxylation is 1. The van der Waals surface area contributed by atoms with Gasteiger partial charge in [0.05, 0.1) is 10.8 Å². The average Bonchev–Trinajstić information content (AvgIpc) is 3.04. The predicted octanol–water partition coefficient (Wildman–Crippen LogP) is 2.92. The zero-order valence-electron chi connectivity index (χ0n) is 12.4. The van der Waals surface area contributed by atoms with Crippen LogP contribution in [0, 0.1) is 6.92 Å². The maximum Gasteiger partial charge on any atom is 0.243 e. The Hall–Kier alpha value is -2.60. The summed E-state index contributed by atoms with van der Waals surface area (Å²) in [5.74, 6) is -0.0693. The maximum absolute atomic E-state index is 12.3. The van der Waals surface area contributed by atoms with E-state index in [4.69, 9.17) is 4.52 Å². The molecule has 6 heteroatoms. The van der Waals surface area contributed by atoms with Crippen LogP contribution in [0.5, 0.6) is 0 Å². The zero-order valence-corrected chi connectivity index (χ0v) is 13.2. The van der Waals surface area contributed by atoms with E-state index in [1.165, 1.54) is 0 Å². The standard InChI is InChI=1S/C17H14N2O3S/c1-12-7-9-13(10-8-12)16(20)17-18-15(22-19-17)11-23(21)14-5-3-2-4-6-14/h2-10H,11H2,1H3. The third-order valence-electron chi connectivity index (χ3n) is 3.25. The van der Waals surface area contributed by atoms with Gasteiger partial charge >= 0.3 is 0 Å². The number of benzene rings is 2. The quantitative estimate of drug-likeness (QED) is 0.674. The molecule has 1 heterocycles. The number of carbonyl (C=O) groups is 1. The van der Waals surface area contributed by atoms with Crippen molar-refractivity contribution in [3.63, 3.8) is 0 Å². The average molecular weight is 326 g/mol. The summed E-state index contributed by atoms with van der Waals surface area (Å²) in [5, 5.41) is 3.69. The molecule has 0 radical (unpaired) electrons. The van der Waals surface area contributed by atoms with E-state index >= 15 is 0 Å². The van der Waals surface area contributed by atoms with Crippen molar-refractivity contribution in [2.75, 3.05) is 0 Å². The molecule has 0 saturated heterocycles. The van der Waals surface area contributed by atoms with E-state index in [1.54, 1.807) is 24.3 Å². The molecule has 0 fully saturated rings. The number of ketones is 1. The fourth-order valence-electron chi connectivity index (χ4n) is 2.01. The van der Waals surface area contributed by atoms with Gasteiger partial charge in [-0.2, -0.15) is 4.98 Å². The van der Waals surface area contributed by atoms with E-state index in [9.17, 15) is 9.00 Å². The molecule has 2 aromatic carbocycles. The minimum Gasteiger partial charge on any atom is -0.338 e. The summed E-state index contributed by atoms with van der Waals surface area (Å²) >= 11 is 0. The molecule has 5 nitrogen and oxygen atoms in total. The van der Waals surface area contributed by atoms with Gasteiger partial charge in [0, 0.05) is 10.5 Å². The lowest BCUT2D eigenvalue weighted by atomic mass is 10.1. The van der Waals surface area contributed by atoms with Crippen LogP contribution in [-0.4, -0.2) is 20.1 Å². The second-order valence-corrected chi connectivity index (χ2v) is 6.46. The Labute approximate surface area is 135 Å². The van der Waals surface area contributed by atoms with Crippen molar-refractivity contribution in [1.29, 1.82) is 0 Å². The van der Waals surface area contributed by atoms with Crippen molar-refractivity contribution in [2.24, 2.45) is 0 Å². The highest BCUT2D eigenvalue weighted by atomic mass is 32.2. The molecule has 0 bridgehead atoms. The Morgan fingerprint density at radius 1 is 1.09 bits per heavy atom. The Morgan fingerprint density at radius 3 is 2.48 bits per heavy atom. The molecule has 0 spiro atoms. The molecule has 0 aliphatic heterocycles. The van der Waals surface area contributed by atoms with E-state index in [0.717, 1.165) is 5.56 Å². The summed E-state index contributed by atoms with van der Waals surface area (Å²) in [4.78, 5) is 17.0. The lowest BCUT2D eigenvalue weighted by Gasteiger charge is -1.97. The van der Waals surface area contributed by atoms with Crippen LogP contribution in [0.3, 0.4) is 0 Å². The van der Waals surface area contributed by atoms with Gasteiger partial charge in [0.1, 0.15) is 5.75 Å². The molecule has 0 saturated carbocycles. The highest BCUT2D eigenvalue weighted by Crippen LogP contribution is 2.13. The first-order chi connectivity index (χ1) is 11.1. The molecule has 3 rings (SSSR count). The summed E-state index contributed by atoms with van der Waals surface area (Å²) in [6.45, 7) is 1.94. The van der Waals surface area contributed by atoms with E-state index in [1.807, 2.05) is 37.3 Å². The molecule has 116 valence electrons. The highest BCUT2D eigenvalue weighted by molar-refractivity contribution is 7.84. The molecule has 23 heavy (non-hydrogen) atoms. The van der Waals surface area contributed by atoms with Gasteiger partial charge in [-0.3, -0.25) is 9.00 Å². The van der Waals surface area contributed by atoms with E-state index in [0.29, 0.717) is 10.5 Å². The van der Waals surface area contributed by atoms with E-state index in [-0.39, 0.29) is 23.3 Å². The van der Waals surface area contributed by atoms with Crippen molar-refractivity contribution in [2.45, 2.75) is 17.6 Å². The molecule has 1 atom stereocenters. The van der Waals surface area contributed by atoms with Crippen molar-refractivity contribution in [1.82, 2.24) is 10.1 Å². The fourth-order valence-corrected chi connectivity index (χ4v) is 2.98. The van der Waals surface area contributed by atoms with Crippen LogP contribution < -0.4 is 0 Å². The monoisotopic (exact) mass is 326 g/mol. The van der Waals surface area contributed by atoms with Crippen LogP contribution in [-0.2, 0) is 16.6 Å². The van der Waals surface area contributed by atoms with Gasteiger partial charge in [-0.25, -0.2) is 0 Å². The van der Waals surface area contributed by atoms with Crippen LogP contribution in [0.4, 0.5) is 0 Å². The van der Waals surface area contributed by atoms with Gasteiger partial charge in [0.2, 0.25) is 17.5 Å². The first-order valence-electron chi connectivity index (χ1n) is 7.01. The van der Waals surface area contributed by atoms with Crippen LogP contribution in [0.25, 0.3) is 0 Å². The van der Waals surface area contributed by atoms with Crippen LogP contribution in [0.15, 0.2) is 64.0 Å². The van der Waals surface area contributed by atoms with Gasteiger partial charge in [-0.05, 0) is 19.1 Å². The van der Waals surface area contributed by atoms with Crippen LogP contribution >= 0.6 is 0 Å². The minimum absolute atomic E-state index is 0.0195. The summed E-state index contributed by atoms with van der Waals surface area (Å²) in [6.07, 6.45) is 0. The number of hydrogen-bond acceptors (Lipinski definition) is 5. The highest BCUT2D eigenvalue weighted by Gasteiger charge is 2.18. The molecule has 1 aromatic heterocycles. The smallest absolute Gasteiger partial charge is 0.243 e. The molecule has 0 N–H and O–H groups in total. The number of hydrogen-bond donors (Lipinski definition) is 0. The number of aromatic nitrogens is 2. The third-order valence-corrected chi connectivity index (χ3v) is 4.55. The van der Waals surface area contributed by atoms with Gasteiger partial charge < -0.3 is 4.52 Å². The molecular formula is C17H14N2O3S. The normalized spacial score (nSPS) is 12.0. The van der Waals surface area contributed by atoms with Gasteiger partial charge in [0.25, 0.3) is 0 Å². The van der Waals surface area contributed by atoms with Gasteiger partial charge in [-0.1, -0.05) is 53.2 Å². The largest absolute Gasteiger partial charge is 0.338 e. The maximum atomic E-state index is 12.3. The molecular weight excluding hydrogens is 312 g/mol. The lowest BCUT2D eigenvalue weighted by molar-refractivity contribution is 0.102. The second-order valence-electron chi connectivity index (χ2n) is 5.01. The molecule has 0 amide bonds.